The Hall–Kier alpha value is -2.68. The molecule has 0 aliphatic heterocycles. The van der Waals surface area contributed by atoms with Gasteiger partial charge in [0.15, 0.2) is 17.4 Å². The quantitative estimate of drug-likeness (QED) is 0.224. The highest BCUT2D eigenvalue weighted by Gasteiger charge is 2.35. The number of fused-ring (bicyclic) bond motifs is 1. The molecule has 1 nitrogen and oxygen atoms in total. The fourth-order valence-corrected chi connectivity index (χ4v) is 7.13. The van der Waals surface area contributed by atoms with Gasteiger partial charge in [0.2, 0.25) is 0 Å². The minimum atomic E-state index is -0.667. The third-order valence-electron chi connectivity index (χ3n) is 9.38. The molecule has 4 unspecified atom stereocenters. The Labute approximate surface area is 234 Å². The Bertz CT molecular complexity index is 1150. The Morgan fingerprint density at radius 3 is 2.15 bits per heavy atom. The SMILES string of the molecule is CCCCCCCC1CCC2CC(c3ccc(-c4cc(F)c(OCc5ccccc5)c(F)c4)cc3)CCC2C1. The van der Waals surface area contributed by atoms with Crippen molar-refractivity contribution in [2.75, 3.05) is 0 Å². The molecule has 2 aliphatic rings. The minimum absolute atomic E-state index is 0.131. The van der Waals surface area contributed by atoms with E-state index < -0.39 is 11.6 Å². The molecule has 0 heterocycles. The molecule has 0 aromatic heterocycles. The zero-order chi connectivity index (χ0) is 27.0. The zero-order valence-electron chi connectivity index (χ0n) is 23.5. The lowest BCUT2D eigenvalue weighted by molar-refractivity contribution is 0.113. The van der Waals surface area contributed by atoms with Crippen LogP contribution in [0.25, 0.3) is 11.1 Å². The molecule has 0 amide bonds. The number of benzene rings is 3. The van der Waals surface area contributed by atoms with Gasteiger partial charge in [-0.25, -0.2) is 8.78 Å². The molecule has 0 saturated heterocycles. The van der Waals surface area contributed by atoms with Crippen LogP contribution in [0.5, 0.6) is 5.75 Å². The van der Waals surface area contributed by atoms with E-state index in [4.69, 9.17) is 4.74 Å². The van der Waals surface area contributed by atoms with E-state index >= 15 is 0 Å². The molecule has 0 N–H and O–H groups in total. The number of rotatable bonds is 11. The second-order valence-electron chi connectivity index (χ2n) is 12.1. The standard InChI is InChI=1S/C36H44F2O/c1-2-3-4-5-7-10-26-13-14-32-22-31(20-19-30(32)21-26)28-15-17-29(18-16-28)33-23-34(37)36(35(38)24-33)39-25-27-11-8-6-9-12-27/h6,8-9,11-12,15-18,23-24,26,30-32H,2-5,7,10,13-14,19-22,25H2,1H3. The highest BCUT2D eigenvalue weighted by atomic mass is 19.1. The van der Waals surface area contributed by atoms with Crippen LogP contribution < -0.4 is 4.74 Å². The van der Waals surface area contributed by atoms with Gasteiger partial charge in [0.05, 0.1) is 0 Å². The van der Waals surface area contributed by atoms with E-state index in [1.54, 1.807) is 0 Å². The lowest BCUT2D eigenvalue weighted by atomic mass is 9.63. The number of ether oxygens (including phenoxy) is 1. The Morgan fingerprint density at radius 1 is 0.718 bits per heavy atom. The molecule has 0 radical (unpaired) electrons. The fraction of sp³-hybridized carbons (Fsp3) is 0.500. The van der Waals surface area contributed by atoms with E-state index in [0.29, 0.717) is 11.5 Å². The molecule has 3 aromatic carbocycles. The molecule has 39 heavy (non-hydrogen) atoms. The largest absolute Gasteiger partial charge is 0.483 e. The summed E-state index contributed by atoms with van der Waals surface area (Å²) < 4.78 is 35.1. The van der Waals surface area contributed by atoms with Crippen molar-refractivity contribution >= 4 is 0 Å². The number of hydrogen-bond donors (Lipinski definition) is 0. The average Bonchev–Trinajstić information content (AvgIpc) is 2.97. The maximum absolute atomic E-state index is 14.8. The summed E-state index contributed by atoms with van der Waals surface area (Å²) in [7, 11) is 0. The van der Waals surface area contributed by atoms with Gasteiger partial charge >= 0.3 is 0 Å². The Kier molecular flexibility index (Phi) is 9.71. The molecule has 4 atom stereocenters. The van der Waals surface area contributed by atoms with Gasteiger partial charge in [-0.2, -0.15) is 0 Å². The zero-order valence-corrected chi connectivity index (χ0v) is 23.5. The molecule has 2 aliphatic carbocycles. The lowest BCUT2D eigenvalue weighted by Gasteiger charge is -2.42. The molecule has 5 rings (SSSR count). The Morgan fingerprint density at radius 2 is 1.41 bits per heavy atom. The van der Waals surface area contributed by atoms with Crippen LogP contribution in [-0.2, 0) is 6.61 Å². The minimum Gasteiger partial charge on any atom is -0.483 e. The van der Waals surface area contributed by atoms with E-state index in [1.165, 1.54) is 94.7 Å². The normalized spacial score (nSPS) is 22.8. The van der Waals surface area contributed by atoms with Crippen LogP contribution >= 0.6 is 0 Å². The molecule has 2 fully saturated rings. The molecule has 0 spiro atoms. The molecule has 0 bridgehead atoms. The molecule has 2 saturated carbocycles. The van der Waals surface area contributed by atoms with Crippen molar-refractivity contribution in [1.29, 1.82) is 0 Å². The molecule has 3 aromatic rings. The highest BCUT2D eigenvalue weighted by molar-refractivity contribution is 5.65. The predicted molar refractivity (Wildman–Crippen MR) is 157 cm³/mol. The van der Waals surface area contributed by atoms with Gasteiger partial charge in [-0.15, -0.1) is 0 Å². The number of unbranched alkanes of at least 4 members (excludes halogenated alkanes) is 4. The molecular weight excluding hydrogens is 486 g/mol. The summed E-state index contributed by atoms with van der Waals surface area (Å²) in [4.78, 5) is 0. The van der Waals surface area contributed by atoms with E-state index in [1.807, 2.05) is 42.5 Å². The summed E-state index contributed by atoms with van der Waals surface area (Å²) in [5.74, 6) is 1.70. The second-order valence-corrected chi connectivity index (χ2v) is 12.1. The van der Waals surface area contributed by atoms with Gasteiger partial charge in [-0.3, -0.25) is 0 Å². The van der Waals surface area contributed by atoms with Crippen molar-refractivity contribution in [2.45, 2.75) is 96.5 Å². The topological polar surface area (TPSA) is 9.23 Å². The summed E-state index contributed by atoms with van der Waals surface area (Å²) in [6.07, 6.45) is 16.6. The van der Waals surface area contributed by atoms with Crippen molar-refractivity contribution in [2.24, 2.45) is 17.8 Å². The van der Waals surface area contributed by atoms with Gasteiger partial charge in [-0.05, 0) is 90.2 Å². The Balaban J connectivity index is 1.15. The van der Waals surface area contributed by atoms with Crippen molar-refractivity contribution in [1.82, 2.24) is 0 Å². The van der Waals surface area contributed by atoms with Crippen LogP contribution in [0.4, 0.5) is 8.78 Å². The van der Waals surface area contributed by atoms with Crippen LogP contribution in [0.15, 0.2) is 66.7 Å². The van der Waals surface area contributed by atoms with Crippen molar-refractivity contribution < 1.29 is 13.5 Å². The first-order valence-electron chi connectivity index (χ1n) is 15.4. The fourth-order valence-electron chi connectivity index (χ4n) is 7.13. The van der Waals surface area contributed by atoms with Crippen LogP contribution in [0.1, 0.15) is 101 Å². The van der Waals surface area contributed by atoms with E-state index in [-0.39, 0.29) is 12.4 Å². The van der Waals surface area contributed by atoms with Gasteiger partial charge in [0.25, 0.3) is 0 Å². The van der Waals surface area contributed by atoms with Gasteiger partial charge in [0.1, 0.15) is 6.61 Å². The van der Waals surface area contributed by atoms with Crippen LogP contribution in [0.3, 0.4) is 0 Å². The lowest BCUT2D eigenvalue weighted by Crippen LogP contribution is -2.30. The van der Waals surface area contributed by atoms with E-state index in [2.05, 4.69) is 19.1 Å². The monoisotopic (exact) mass is 530 g/mol. The first-order valence-corrected chi connectivity index (χ1v) is 15.4. The van der Waals surface area contributed by atoms with Gasteiger partial charge in [-0.1, -0.05) is 106 Å². The number of hydrogen-bond acceptors (Lipinski definition) is 1. The first kappa shape index (κ1) is 27.9. The summed E-state index contributed by atoms with van der Waals surface area (Å²) in [6.45, 7) is 2.42. The third-order valence-corrected chi connectivity index (χ3v) is 9.38. The van der Waals surface area contributed by atoms with Gasteiger partial charge in [0, 0.05) is 0 Å². The van der Waals surface area contributed by atoms with Crippen LogP contribution in [0.2, 0.25) is 0 Å². The summed E-state index contributed by atoms with van der Waals surface area (Å²) in [5.41, 5.74) is 3.62. The average molecular weight is 531 g/mol. The second kappa shape index (κ2) is 13.6. The molecule has 3 heteroatoms. The van der Waals surface area contributed by atoms with Crippen molar-refractivity contribution in [3.63, 3.8) is 0 Å². The summed E-state index contributed by atoms with van der Waals surface area (Å²) >= 11 is 0. The maximum atomic E-state index is 14.8. The van der Waals surface area contributed by atoms with Gasteiger partial charge < -0.3 is 4.74 Å². The van der Waals surface area contributed by atoms with Crippen molar-refractivity contribution in [3.8, 4) is 16.9 Å². The predicted octanol–water partition coefficient (Wildman–Crippen LogP) is 10.9. The maximum Gasteiger partial charge on any atom is 0.191 e. The molecular formula is C36H44F2O. The number of halogens is 2. The molecule has 208 valence electrons. The first-order chi connectivity index (χ1) is 19.1. The smallest absolute Gasteiger partial charge is 0.191 e. The van der Waals surface area contributed by atoms with E-state index in [9.17, 15) is 8.78 Å². The summed E-state index contributed by atoms with van der Waals surface area (Å²) in [6, 6.07) is 20.6. The van der Waals surface area contributed by atoms with E-state index in [0.717, 1.165) is 28.9 Å². The van der Waals surface area contributed by atoms with Crippen LogP contribution in [0, 0.1) is 29.4 Å². The summed E-state index contributed by atoms with van der Waals surface area (Å²) in [5, 5.41) is 0. The highest BCUT2D eigenvalue weighted by Crippen LogP contribution is 2.48. The van der Waals surface area contributed by atoms with Crippen LogP contribution in [-0.4, -0.2) is 0 Å². The third kappa shape index (κ3) is 7.29. The van der Waals surface area contributed by atoms with Crippen molar-refractivity contribution in [3.05, 3.63) is 89.5 Å².